The molecule has 0 fully saturated rings. The molecule has 0 aliphatic carbocycles. The number of aliphatic hydroxyl groups excluding tert-OH is 1. The summed E-state index contributed by atoms with van der Waals surface area (Å²) in [4.78, 5) is 8.95. The van der Waals surface area contributed by atoms with Crippen molar-refractivity contribution < 1.29 is 9.84 Å². The molecule has 0 bridgehead atoms. The SMILES string of the molecule is Cc1nc(SC[C@@H](O)CO[C@@H](C)c2ccc(Cl)cc2)c2ccccc2n1. The summed E-state index contributed by atoms with van der Waals surface area (Å²) in [5, 5.41) is 12.9. The summed E-state index contributed by atoms with van der Waals surface area (Å²) in [6, 6.07) is 15.5. The van der Waals surface area contributed by atoms with Gasteiger partial charge in [-0.05, 0) is 37.6 Å². The van der Waals surface area contributed by atoms with E-state index in [0.29, 0.717) is 10.8 Å². The number of fused-ring (bicyclic) bond motifs is 1. The van der Waals surface area contributed by atoms with Gasteiger partial charge in [-0.15, -0.1) is 11.8 Å². The largest absolute Gasteiger partial charge is 0.390 e. The summed E-state index contributed by atoms with van der Waals surface area (Å²) >= 11 is 7.42. The molecule has 1 heterocycles. The first-order valence-electron chi connectivity index (χ1n) is 8.44. The topological polar surface area (TPSA) is 55.2 Å². The van der Waals surface area contributed by atoms with Crippen LogP contribution in [0.15, 0.2) is 53.6 Å². The van der Waals surface area contributed by atoms with E-state index in [1.54, 1.807) is 0 Å². The Bertz CT molecular complexity index is 873. The molecule has 0 saturated carbocycles. The maximum atomic E-state index is 10.3. The second-order valence-corrected chi connectivity index (χ2v) is 7.53. The Morgan fingerprint density at radius 1 is 1.12 bits per heavy atom. The highest BCUT2D eigenvalue weighted by atomic mass is 35.5. The molecular formula is C20H21ClN2O2S. The van der Waals surface area contributed by atoms with Gasteiger partial charge >= 0.3 is 0 Å². The fourth-order valence-corrected chi connectivity index (χ4v) is 3.67. The Labute approximate surface area is 162 Å². The summed E-state index contributed by atoms with van der Waals surface area (Å²) in [6.07, 6.45) is -0.683. The van der Waals surface area contributed by atoms with Crippen LogP contribution < -0.4 is 0 Å². The van der Waals surface area contributed by atoms with E-state index in [9.17, 15) is 5.11 Å². The van der Waals surface area contributed by atoms with Gasteiger partial charge in [-0.2, -0.15) is 0 Å². The van der Waals surface area contributed by atoms with Crippen molar-refractivity contribution in [2.24, 2.45) is 0 Å². The van der Waals surface area contributed by atoms with Crippen molar-refractivity contribution in [3.05, 3.63) is 64.9 Å². The van der Waals surface area contributed by atoms with Crippen LogP contribution in [0.3, 0.4) is 0 Å². The highest BCUT2D eigenvalue weighted by Crippen LogP contribution is 2.26. The van der Waals surface area contributed by atoms with Crippen LogP contribution in [0.1, 0.15) is 24.4 Å². The lowest BCUT2D eigenvalue weighted by molar-refractivity contribution is 0.00622. The molecule has 1 N–H and O–H groups in total. The minimum atomic E-state index is -0.580. The van der Waals surface area contributed by atoms with Crippen molar-refractivity contribution >= 4 is 34.3 Å². The molecule has 0 saturated heterocycles. The molecule has 0 spiro atoms. The van der Waals surface area contributed by atoms with Crippen molar-refractivity contribution in [1.82, 2.24) is 9.97 Å². The van der Waals surface area contributed by atoms with Gasteiger partial charge in [0, 0.05) is 16.2 Å². The minimum absolute atomic E-state index is 0.103. The van der Waals surface area contributed by atoms with Crippen molar-refractivity contribution in [3.8, 4) is 0 Å². The molecular weight excluding hydrogens is 368 g/mol. The molecule has 0 unspecified atom stereocenters. The number of thioether (sulfide) groups is 1. The monoisotopic (exact) mass is 388 g/mol. The zero-order valence-electron chi connectivity index (χ0n) is 14.7. The maximum Gasteiger partial charge on any atom is 0.127 e. The van der Waals surface area contributed by atoms with Gasteiger partial charge in [0.2, 0.25) is 0 Å². The predicted molar refractivity (Wildman–Crippen MR) is 107 cm³/mol. The first-order valence-corrected chi connectivity index (χ1v) is 9.80. The molecule has 3 rings (SSSR count). The Kier molecular flexibility index (Phi) is 6.48. The van der Waals surface area contributed by atoms with Crippen LogP contribution in [-0.4, -0.2) is 33.5 Å². The van der Waals surface area contributed by atoms with E-state index in [1.807, 2.05) is 62.4 Å². The lowest BCUT2D eigenvalue weighted by Crippen LogP contribution is -2.19. The van der Waals surface area contributed by atoms with E-state index < -0.39 is 6.10 Å². The molecule has 0 aliphatic heterocycles. The quantitative estimate of drug-likeness (QED) is 0.464. The van der Waals surface area contributed by atoms with Gasteiger partial charge in [-0.1, -0.05) is 41.9 Å². The first-order chi connectivity index (χ1) is 12.5. The number of aliphatic hydroxyl groups is 1. The van der Waals surface area contributed by atoms with Gasteiger partial charge in [0.1, 0.15) is 10.9 Å². The number of ether oxygens (including phenoxy) is 1. The average Bonchev–Trinajstić information content (AvgIpc) is 2.64. The van der Waals surface area contributed by atoms with Crippen molar-refractivity contribution in [2.75, 3.05) is 12.4 Å². The Hall–Kier alpha value is -1.66. The second kappa shape index (κ2) is 8.82. The van der Waals surface area contributed by atoms with Crippen LogP contribution in [0.2, 0.25) is 5.02 Å². The van der Waals surface area contributed by atoms with Crippen LogP contribution in [0.4, 0.5) is 0 Å². The molecule has 0 radical (unpaired) electrons. The molecule has 2 atom stereocenters. The summed E-state index contributed by atoms with van der Waals surface area (Å²) in [5.74, 6) is 1.24. The van der Waals surface area contributed by atoms with Crippen LogP contribution in [0.25, 0.3) is 10.9 Å². The van der Waals surface area contributed by atoms with Crippen molar-refractivity contribution in [2.45, 2.75) is 31.1 Å². The maximum absolute atomic E-state index is 10.3. The Morgan fingerprint density at radius 2 is 1.85 bits per heavy atom. The number of nitrogens with zero attached hydrogens (tertiary/aromatic N) is 2. The van der Waals surface area contributed by atoms with Gasteiger partial charge in [0.05, 0.1) is 24.3 Å². The molecule has 2 aromatic carbocycles. The molecule has 1 aromatic heterocycles. The van der Waals surface area contributed by atoms with Crippen molar-refractivity contribution in [1.29, 1.82) is 0 Å². The second-order valence-electron chi connectivity index (χ2n) is 6.09. The normalized spacial score (nSPS) is 13.7. The van der Waals surface area contributed by atoms with E-state index in [1.165, 1.54) is 11.8 Å². The summed E-state index contributed by atoms with van der Waals surface area (Å²) < 4.78 is 5.79. The van der Waals surface area contributed by atoms with Crippen LogP contribution in [-0.2, 0) is 4.74 Å². The number of halogens is 1. The minimum Gasteiger partial charge on any atom is -0.390 e. The molecule has 136 valence electrons. The fourth-order valence-electron chi connectivity index (χ4n) is 2.58. The van der Waals surface area contributed by atoms with Crippen LogP contribution in [0, 0.1) is 6.92 Å². The average molecular weight is 389 g/mol. The number of hydrogen-bond acceptors (Lipinski definition) is 5. The zero-order chi connectivity index (χ0) is 18.5. The highest BCUT2D eigenvalue weighted by Gasteiger charge is 2.13. The van der Waals surface area contributed by atoms with Gasteiger partial charge < -0.3 is 9.84 Å². The van der Waals surface area contributed by atoms with E-state index in [-0.39, 0.29) is 12.7 Å². The Morgan fingerprint density at radius 3 is 2.62 bits per heavy atom. The number of aryl methyl sites for hydroxylation is 1. The molecule has 3 aromatic rings. The predicted octanol–water partition coefficient (Wildman–Crippen LogP) is 4.82. The highest BCUT2D eigenvalue weighted by molar-refractivity contribution is 7.99. The van der Waals surface area contributed by atoms with Gasteiger partial charge in [0.25, 0.3) is 0 Å². The third-order valence-corrected chi connectivity index (χ3v) is 5.36. The van der Waals surface area contributed by atoms with Gasteiger partial charge in [0.15, 0.2) is 0 Å². The molecule has 4 nitrogen and oxygen atoms in total. The van der Waals surface area contributed by atoms with E-state index in [0.717, 1.165) is 27.3 Å². The number of hydrogen-bond donors (Lipinski definition) is 1. The third-order valence-electron chi connectivity index (χ3n) is 3.97. The number of aromatic nitrogens is 2. The van der Waals surface area contributed by atoms with Crippen LogP contribution >= 0.6 is 23.4 Å². The van der Waals surface area contributed by atoms with Gasteiger partial charge in [-0.3, -0.25) is 0 Å². The zero-order valence-corrected chi connectivity index (χ0v) is 16.3. The molecule has 0 amide bonds. The lowest BCUT2D eigenvalue weighted by atomic mass is 10.1. The first kappa shape index (κ1) is 19.1. The molecule has 0 aliphatic rings. The number of benzene rings is 2. The molecule has 6 heteroatoms. The van der Waals surface area contributed by atoms with Crippen LogP contribution in [0.5, 0.6) is 0 Å². The van der Waals surface area contributed by atoms with E-state index in [4.69, 9.17) is 16.3 Å². The van der Waals surface area contributed by atoms with E-state index in [2.05, 4.69) is 9.97 Å². The summed E-state index contributed by atoms with van der Waals surface area (Å²) in [5.41, 5.74) is 1.95. The number of para-hydroxylation sites is 1. The van der Waals surface area contributed by atoms with E-state index >= 15 is 0 Å². The molecule has 26 heavy (non-hydrogen) atoms. The number of rotatable bonds is 7. The third kappa shape index (κ3) is 4.95. The standard InChI is InChI=1S/C20H21ClN2O2S/c1-13(15-7-9-16(21)10-8-15)25-11-17(24)12-26-20-18-5-3-4-6-19(18)22-14(2)23-20/h3-10,13,17,24H,11-12H2,1-2H3/t13-,17-/m0/s1. The summed E-state index contributed by atoms with van der Waals surface area (Å²) in [7, 11) is 0. The van der Waals surface area contributed by atoms with Crippen molar-refractivity contribution in [3.63, 3.8) is 0 Å². The smallest absolute Gasteiger partial charge is 0.127 e. The summed E-state index contributed by atoms with van der Waals surface area (Å²) in [6.45, 7) is 4.10. The fraction of sp³-hybridized carbons (Fsp3) is 0.300. The van der Waals surface area contributed by atoms with Gasteiger partial charge in [-0.25, -0.2) is 9.97 Å². The lowest BCUT2D eigenvalue weighted by Gasteiger charge is -2.17. The Balaban J connectivity index is 1.56.